The first-order valence-electron chi connectivity index (χ1n) is 8.45. The van der Waals surface area contributed by atoms with Crippen molar-refractivity contribution in [2.24, 2.45) is 0 Å². The van der Waals surface area contributed by atoms with Crippen LogP contribution in [-0.2, 0) is 14.8 Å². The van der Waals surface area contributed by atoms with Crippen LogP contribution >= 0.6 is 0 Å². The van der Waals surface area contributed by atoms with Crippen LogP contribution < -0.4 is 9.62 Å². The molecule has 0 unspecified atom stereocenters. The zero-order chi connectivity index (χ0) is 19.6. The first kappa shape index (κ1) is 20.0. The number of nitrogens with zero attached hydrogens (tertiary/aromatic N) is 1. The summed E-state index contributed by atoms with van der Waals surface area (Å²) in [4.78, 5) is 12.8. The minimum Gasteiger partial charge on any atom is -0.324 e. The maximum absolute atomic E-state index is 12.8. The van der Waals surface area contributed by atoms with E-state index < -0.39 is 16.1 Å². The molecule has 0 aromatic heterocycles. The number of hydrogen-bond donors (Lipinski definition) is 1. The summed E-state index contributed by atoms with van der Waals surface area (Å²) >= 11 is 0. The molecular formula is C20H26N2O3S. The van der Waals surface area contributed by atoms with Gasteiger partial charge in [-0.3, -0.25) is 9.10 Å². The second-order valence-electron chi connectivity index (χ2n) is 6.89. The number of hydrogen-bond acceptors (Lipinski definition) is 3. The second-order valence-corrected chi connectivity index (χ2v) is 8.75. The van der Waals surface area contributed by atoms with Gasteiger partial charge in [0.15, 0.2) is 0 Å². The molecule has 0 aliphatic rings. The number of nitrogens with one attached hydrogen (secondary N) is 1. The van der Waals surface area contributed by atoms with Crippen molar-refractivity contribution in [2.45, 2.75) is 40.7 Å². The average Bonchev–Trinajstić information content (AvgIpc) is 2.48. The number of benzene rings is 2. The fourth-order valence-corrected chi connectivity index (χ4v) is 4.15. The normalized spacial score (nSPS) is 12.5. The van der Waals surface area contributed by atoms with Crippen LogP contribution in [0, 0.1) is 27.7 Å². The van der Waals surface area contributed by atoms with Crippen molar-refractivity contribution in [1.82, 2.24) is 0 Å². The van der Waals surface area contributed by atoms with Gasteiger partial charge in [0, 0.05) is 5.69 Å². The van der Waals surface area contributed by atoms with Gasteiger partial charge in [-0.2, -0.15) is 0 Å². The van der Waals surface area contributed by atoms with Gasteiger partial charge in [0.1, 0.15) is 6.04 Å². The summed E-state index contributed by atoms with van der Waals surface area (Å²) < 4.78 is 26.0. The largest absolute Gasteiger partial charge is 0.324 e. The van der Waals surface area contributed by atoms with Gasteiger partial charge in [-0.15, -0.1) is 0 Å². The van der Waals surface area contributed by atoms with E-state index in [0.29, 0.717) is 11.4 Å². The van der Waals surface area contributed by atoms with Crippen LogP contribution in [0.25, 0.3) is 0 Å². The molecule has 0 saturated carbocycles. The Morgan fingerprint density at radius 3 is 2.08 bits per heavy atom. The fraction of sp³-hybridized carbons (Fsp3) is 0.350. The minimum absolute atomic E-state index is 0.372. The van der Waals surface area contributed by atoms with Gasteiger partial charge in [0.25, 0.3) is 0 Å². The predicted molar refractivity (Wildman–Crippen MR) is 107 cm³/mol. The lowest BCUT2D eigenvalue weighted by Crippen LogP contribution is -2.45. The minimum atomic E-state index is -3.63. The number of carbonyl (C=O) groups is 1. The van der Waals surface area contributed by atoms with E-state index in [4.69, 9.17) is 0 Å². The van der Waals surface area contributed by atoms with Crippen molar-refractivity contribution in [3.05, 3.63) is 58.7 Å². The van der Waals surface area contributed by atoms with Crippen molar-refractivity contribution in [3.63, 3.8) is 0 Å². The quantitative estimate of drug-likeness (QED) is 0.867. The Hall–Kier alpha value is -2.34. The van der Waals surface area contributed by atoms with Crippen LogP contribution in [0.15, 0.2) is 36.4 Å². The molecule has 2 aromatic rings. The molecule has 0 radical (unpaired) electrons. The van der Waals surface area contributed by atoms with Crippen LogP contribution in [0.2, 0.25) is 0 Å². The van der Waals surface area contributed by atoms with Gasteiger partial charge < -0.3 is 5.32 Å². The highest BCUT2D eigenvalue weighted by Crippen LogP contribution is 2.25. The Balaban J connectivity index is 2.39. The molecule has 140 valence electrons. The van der Waals surface area contributed by atoms with E-state index in [1.165, 1.54) is 4.31 Å². The number of carbonyl (C=O) groups excluding carboxylic acids is 1. The Labute approximate surface area is 156 Å². The Morgan fingerprint density at radius 2 is 1.54 bits per heavy atom. The summed E-state index contributed by atoms with van der Waals surface area (Å²) in [6, 6.07) is 10.4. The van der Waals surface area contributed by atoms with Crippen molar-refractivity contribution in [2.75, 3.05) is 15.9 Å². The molecule has 0 spiro atoms. The van der Waals surface area contributed by atoms with Crippen LogP contribution in [0.4, 0.5) is 11.4 Å². The van der Waals surface area contributed by atoms with Crippen molar-refractivity contribution in [1.29, 1.82) is 0 Å². The van der Waals surface area contributed by atoms with Crippen LogP contribution in [0.1, 0.15) is 29.2 Å². The van der Waals surface area contributed by atoms with E-state index in [1.54, 1.807) is 19.1 Å². The van der Waals surface area contributed by atoms with Gasteiger partial charge in [0.05, 0.1) is 11.9 Å². The molecule has 0 heterocycles. The molecule has 0 fully saturated rings. The van der Waals surface area contributed by atoms with E-state index in [1.807, 2.05) is 52.0 Å². The predicted octanol–water partition coefficient (Wildman–Crippen LogP) is 3.71. The first-order valence-corrected chi connectivity index (χ1v) is 10.3. The first-order chi connectivity index (χ1) is 12.0. The van der Waals surface area contributed by atoms with Gasteiger partial charge in [-0.05, 0) is 75.1 Å². The Morgan fingerprint density at radius 1 is 0.962 bits per heavy atom. The Bertz CT molecular complexity index is 916. The Kier molecular flexibility index (Phi) is 5.76. The van der Waals surface area contributed by atoms with E-state index in [2.05, 4.69) is 5.32 Å². The maximum Gasteiger partial charge on any atom is 0.248 e. The number of aryl methyl sites for hydroxylation is 4. The highest BCUT2D eigenvalue weighted by Gasteiger charge is 2.29. The number of anilines is 2. The zero-order valence-corrected chi connectivity index (χ0v) is 16.9. The molecule has 0 saturated heterocycles. The summed E-state index contributed by atoms with van der Waals surface area (Å²) in [6.07, 6.45) is 1.12. The summed E-state index contributed by atoms with van der Waals surface area (Å²) in [6.45, 7) is 9.24. The standard InChI is InChI=1S/C20H26N2O3S/c1-13-7-8-16(4)19(12-13)21-20(23)17(5)22(26(6,24)25)18-10-14(2)9-15(3)11-18/h7-12,17H,1-6H3,(H,21,23)/t17-/m0/s1. The molecule has 6 heteroatoms. The molecule has 5 nitrogen and oxygen atoms in total. The van der Waals surface area contributed by atoms with Gasteiger partial charge in [-0.25, -0.2) is 8.42 Å². The van der Waals surface area contributed by atoms with Crippen LogP contribution in [0.5, 0.6) is 0 Å². The van der Waals surface area contributed by atoms with Crippen molar-refractivity contribution >= 4 is 27.3 Å². The smallest absolute Gasteiger partial charge is 0.248 e. The van der Waals surface area contributed by atoms with Gasteiger partial charge in [0.2, 0.25) is 15.9 Å². The lowest BCUT2D eigenvalue weighted by molar-refractivity contribution is -0.116. The average molecular weight is 375 g/mol. The third kappa shape index (κ3) is 4.64. The molecule has 0 aliphatic heterocycles. The SMILES string of the molecule is Cc1cc(C)cc(N([C@@H](C)C(=O)Nc2cc(C)ccc2C)S(C)(=O)=O)c1. The summed E-state index contributed by atoms with van der Waals surface area (Å²) in [5.74, 6) is -0.372. The highest BCUT2D eigenvalue weighted by atomic mass is 32.2. The second kappa shape index (κ2) is 7.50. The number of rotatable bonds is 5. The summed E-state index contributed by atoms with van der Waals surface area (Å²) in [5, 5.41) is 2.86. The lowest BCUT2D eigenvalue weighted by Gasteiger charge is -2.29. The molecule has 2 aromatic carbocycles. The number of amides is 1. The molecule has 0 aliphatic carbocycles. The molecule has 1 atom stereocenters. The fourth-order valence-electron chi connectivity index (χ4n) is 2.99. The topological polar surface area (TPSA) is 66.5 Å². The summed E-state index contributed by atoms with van der Waals surface area (Å²) in [5.41, 5.74) is 5.01. The monoisotopic (exact) mass is 374 g/mol. The van der Waals surface area contributed by atoms with Crippen molar-refractivity contribution < 1.29 is 13.2 Å². The third-order valence-electron chi connectivity index (χ3n) is 4.20. The zero-order valence-electron chi connectivity index (χ0n) is 16.1. The summed E-state index contributed by atoms with van der Waals surface area (Å²) in [7, 11) is -3.63. The van der Waals surface area contributed by atoms with E-state index in [-0.39, 0.29) is 5.91 Å². The van der Waals surface area contributed by atoms with Gasteiger partial charge in [-0.1, -0.05) is 18.2 Å². The molecule has 1 amide bonds. The van der Waals surface area contributed by atoms with Crippen LogP contribution in [-0.4, -0.2) is 26.6 Å². The number of sulfonamides is 1. The van der Waals surface area contributed by atoms with E-state index in [9.17, 15) is 13.2 Å². The lowest BCUT2D eigenvalue weighted by atomic mass is 10.1. The molecule has 0 bridgehead atoms. The maximum atomic E-state index is 12.8. The molecule has 26 heavy (non-hydrogen) atoms. The molecular weight excluding hydrogens is 348 g/mol. The molecule has 2 rings (SSSR count). The van der Waals surface area contributed by atoms with E-state index in [0.717, 1.165) is 28.5 Å². The highest BCUT2D eigenvalue weighted by molar-refractivity contribution is 7.92. The van der Waals surface area contributed by atoms with Gasteiger partial charge >= 0.3 is 0 Å². The van der Waals surface area contributed by atoms with E-state index >= 15 is 0 Å². The van der Waals surface area contributed by atoms with Crippen molar-refractivity contribution in [3.8, 4) is 0 Å². The molecule has 1 N–H and O–H groups in total. The van der Waals surface area contributed by atoms with Crippen LogP contribution in [0.3, 0.4) is 0 Å². The third-order valence-corrected chi connectivity index (χ3v) is 5.44.